The molecule has 0 aliphatic rings. The van der Waals surface area contributed by atoms with E-state index in [2.05, 4.69) is 17.2 Å². The van der Waals surface area contributed by atoms with Crippen molar-refractivity contribution in [3.8, 4) is 0 Å². The first-order valence-electron chi connectivity index (χ1n) is 9.65. The Bertz CT molecular complexity index is 834. The molecule has 0 unspecified atom stereocenters. The van der Waals surface area contributed by atoms with Crippen molar-refractivity contribution in [3.63, 3.8) is 0 Å². The molecule has 3 amide bonds. The predicted molar refractivity (Wildman–Crippen MR) is 114 cm³/mol. The first-order valence-corrected chi connectivity index (χ1v) is 9.65. The normalized spacial score (nSPS) is 10.5. The minimum atomic E-state index is -0.328. The fourth-order valence-corrected chi connectivity index (χ4v) is 2.71. The highest BCUT2D eigenvalue weighted by molar-refractivity contribution is 5.92. The molecule has 2 aromatic carbocycles. The zero-order valence-electron chi connectivity index (χ0n) is 17.0. The molecular formula is C23H28FN3O2. The Morgan fingerprint density at radius 3 is 2.48 bits per heavy atom. The molecule has 0 saturated heterocycles. The van der Waals surface area contributed by atoms with Gasteiger partial charge in [0.2, 0.25) is 5.91 Å². The summed E-state index contributed by atoms with van der Waals surface area (Å²) >= 11 is 0. The van der Waals surface area contributed by atoms with Crippen molar-refractivity contribution >= 4 is 17.6 Å². The maximum atomic E-state index is 13.2. The topological polar surface area (TPSA) is 61.4 Å². The second-order valence-electron chi connectivity index (χ2n) is 7.23. The molecule has 5 nitrogen and oxygen atoms in total. The van der Waals surface area contributed by atoms with Crippen LogP contribution in [0.4, 0.5) is 14.9 Å². The van der Waals surface area contributed by atoms with Crippen LogP contribution < -0.4 is 15.5 Å². The smallest absolute Gasteiger partial charge is 0.322 e. The summed E-state index contributed by atoms with van der Waals surface area (Å²) in [6, 6.07) is 13.0. The van der Waals surface area contributed by atoms with Gasteiger partial charge in [0, 0.05) is 18.8 Å². The zero-order valence-corrected chi connectivity index (χ0v) is 17.0. The van der Waals surface area contributed by atoms with E-state index >= 15 is 0 Å². The molecule has 29 heavy (non-hydrogen) atoms. The molecule has 0 heterocycles. The molecule has 0 radical (unpaired) electrons. The molecule has 154 valence electrons. The van der Waals surface area contributed by atoms with Crippen molar-refractivity contribution in [1.29, 1.82) is 0 Å². The summed E-state index contributed by atoms with van der Waals surface area (Å²) in [5.74, 6) is -0.00657. The van der Waals surface area contributed by atoms with Gasteiger partial charge in [-0.2, -0.15) is 0 Å². The lowest BCUT2D eigenvalue weighted by atomic mass is 10.1. The molecule has 0 aliphatic heterocycles. The molecule has 0 fully saturated rings. The van der Waals surface area contributed by atoms with E-state index in [1.807, 2.05) is 38.1 Å². The summed E-state index contributed by atoms with van der Waals surface area (Å²) in [5.41, 5.74) is 2.26. The van der Waals surface area contributed by atoms with E-state index in [-0.39, 0.29) is 30.7 Å². The van der Waals surface area contributed by atoms with Crippen LogP contribution in [0.1, 0.15) is 25.0 Å². The molecule has 2 N–H and O–H groups in total. The third-order valence-corrected chi connectivity index (χ3v) is 4.19. The number of rotatable bonds is 9. The van der Waals surface area contributed by atoms with Crippen LogP contribution in [0.15, 0.2) is 61.2 Å². The Labute approximate surface area is 171 Å². The number of hydrogen-bond donors (Lipinski definition) is 2. The fraction of sp³-hybridized carbons (Fsp3) is 0.304. The van der Waals surface area contributed by atoms with Crippen molar-refractivity contribution in [3.05, 3.63) is 78.1 Å². The van der Waals surface area contributed by atoms with Crippen molar-refractivity contribution in [1.82, 2.24) is 10.6 Å². The average Bonchev–Trinajstić information content (AvgIpc) is 2.70. The number of urea groups is 1. The summed E-state index contributed by atoms with van der Waals surface area (Å²) in [4.78, 5) is 26.4. The Morgan fingerprint density at radius 2 is 1.83 bits per heavy atom. The minimum Gasteiger partial charge on any atom is -0.356 e. The highest BCUT2D eigenvalue weighted by Crippen LogP contribution is 2.20. The van der Waals surface area contributed by atoms with Crippen molar-refractivity contribution in [2.45, 2.75) is 26.8 Å². The van der Waals surface area contributed by atoms with E-state index in [9.17, 15) is 14.0 Å². The number of nitrogens with zero attached hydrogens (tertiary/aromatic N) is 1. The molecule has 0 atom stereocenters. The van der Waals surface area contributed by atoms with Gasteiger partial charge in [0.05, 0.1) is 13.0 Å². The molecule has 0 bridgehead atoms. The number of hydrogen-bond acceptors (Lipinski definition) is 2. The Hall–Kier alpha value is -3.15. The van der Waals surface area contributed by atoms with Gasteiger partial charge in [-0.05, 0) is 41.3 Å². The van der Waals surface area contributed by atoms with Crippen molar-refractivity contribution in [2.24, 2.45) is 5.92 Å². The minimum absolute atomic E-state index is 0.0583. The summed E-state index contributed by atoms with van der Waals surface area (Å²) < 4.78 is 13.2. The molecular weight excluding hydrogens is 369 g/mol. The second-order valence-corrected chi connectivity index (χ2v) is 7.23. The Balaban J connectivity index is 2.20. The van der Waals surface area contributed by atoms with Crippen LogP contribution in [0.3, 0.4) is 0 Å². The third kappa shape index (κ3) is 7.41. The number of anilines is 1. The molecule has 0 spiro atoms. The van der Waals surface area contributed by atoms with Crippen molar-refractivity contribution < 1.29 is 14.0 Å². The van der Waals surface area contributed by atoms with Gasteiger partial charge in [-0.1, -0.05) is 44.2 Å². The van der Waals surface area contributed by atoms with Gasteiger partial charge in [-0.3, -0.25) is 9.69 Å². The van der Waals surface area contributed by atoms with Crippen LogP contribution in [0.25, 0.3) is 0 Å². The average molecular weight is 397 g/mol. The number of nitrogens with one attached hydrogen (secondary N) is 2. The number of halogens is 1. The lowest BCUT2D eigenvalue weighted by molar-refractivity contribution is -0.120. The van der Waals surface area contributed by atoms with Gasteiger partial charge in [0.15, 0.2) is 0 Å². The quantitative estimate of drug-likeness (QED) is 0.627. The first kappa shape index (κ1) is 22.1. The van der Waals surface area contributed by atoms with E-state index in [1.54, 1.807) is 23.1 Å². The van der Waals surface area contributed by atoms with Crippen LogP contribution in [0, 0.1) is 11.7 Å². The lowest BCUT2D eigenvalue weighted by Crippen LogP contribution is -2.39. The van der Waals surface area contributed by atoms with E-state index < -0.39 is 0 Å². The monoisotopic (exact) mass is 397 g/mol. The zero-order chi connectivity index (χ0) is 21.2. The van der Waals surface area contributed by atoms with Gasteiger partial charge in [0.25, 0.3) is 0 Å². The van der Waals surface area contributed by atoms with Crippen LogP contribution in [-0.4, -0.2) is 25.0 Å². The highest BCUT2D eigenvalue weighted by Gasteiger charge is 2.17. The molecule has 2 aromatic rings. The van der Waals surface area contributed by atoms with Gasteiger partial charge < -0.3 is 10.6 Å². The predicted octanol–water partition coefficient (Wildman–Crippen LogP) is 4.04. The molecule has 6 heteroatoms. The van der Waals surface area contributed by atoms with Gasteiger partial charge in [0.1, 0.15) is 5.82 Å². The summed E-state index contributed by atoms with van der Waals surface area (Å²) in [6.45, 7) is 8.91. The lowest BCUT2D eigenvalue weighted by Gasteiger charge is -2.24. The maximum absolute atomic E-state index is 13.2. The van der Waals surface area contributed by atoms with Gasteiger partial charge in [-0.25, -0.2) is 9.18 Å². The fourth-order valence-electron chi connectivity index (χ4n) is 2.71. The number of amides is 3. The molecule has 0 aliphatic carbocycles. The van der Waals surface area contributed by atoms with Crippen LogP contribution in [-0.2, 0) is 17.8 Å². The molecule has 0 saturated carbocycles. The number of carbonyl (C=O) groups excluding carboxylic acids is 2. The highest BCUT2D eigenvalue weighted by atomic mass is 19.1. The maximum Gasteiger partial charge on any atom is 0.322 e. The number of benzene rings is 2. The summed E-state index contributed by atoms with van der Waals surface area (Å²) in [6.07, 6.45) is 1.84. The molecule has 2 rings (SSSR count). The Morgan fingerprint density at radius 1 is 1.10 bits per heavy atom. The van der Waals surface area contributed by atoms with Crippen molar-refractivity contribution in [2.75, 3.05) is 18.0 Å². The largest absolute Gasteiger partial charge is 0.356 e. The van der Waals surface area contributed by atoms with Crippen LogP contribution >= 0.6 is 0 Å². The Kier molecular flexibility index (Phi) is 8.40. The molecule has 0 aromatic heterocycles. The summed E-state index contributed by atoms with van der Waals surface area (Å²) in [5, 5.41) is 5.67. The van der Waals surface area contributed by atoms with E-state index in [0.29, 0.717) is 24.7 Å². The first-order chi connectivity index (χ1) is 13.9. The standard InChI is InChI=1S/C23H28FN3O2/c1-4-12-25-23(29)27(16-18-8-10-20(24)11-9-18)21-7-5-6-19(13-21)14-22(28)26-15-17(2)3/h4-11,13,17H,1,12,14-16H2,2-3H3,(H,25,29)(H,26,28). The SMILES string of the molecule is C=CCNC(=O)N(Cc1ccc(F)cc1)c1cccc(CC(=O)NCC(C)C)c1. The van der Waals surface area contributed by atoms with E-state index in [1.165, 1.54) is 12.1 Å². The third-order valence-electron chi connectivity index (χ3n) is 4.19. The second kappa shape index (κ2) is 11.0. The van der Waals surface area contributed by atoms with E-state index in [0.717, 1.165) is 11.1 Å². The van der Waals surface area contributed by atoms with Crippen LogP contribution in [0.2, 0.25) is 0 Å². The van der Waals surface area contributed by atoms with Crippen LogP contribution in [0.5, 0.6) is 0 Å². The number of carbonyl (C=O) groups is 2. The summed E-state index contributed by atoms with van der Waals surface area (Å²) in [7, 11) is 0. The van der Waals surface area contributed by atoms with E-state index in [4.69, 9.17) is 0 Å². The van der Waals surface area contributed by atoms with Gasteiger partial charge >= 0.3 is 6.03 Å². The van der Waals surface area contributed by atoms with Gasteiger partial charge in [-0.15, -0.1) is 6.58 Å².